The average molecular weight is 312 g/mol. The highest BCUT2D eigenvalue weighted by molar-refractivity contribution is 9.10. The highest BCUT2D eigenvalue weighted by atomic mass is 79.9. The molecule has 1 unspecified atom stereocenters. The molecule has 1 atom stereocenters. The molecule has 0 bridgehead atoms. The SMILES string of the molecule is CC(C)(C)CCNC1CCOc2ccc(Br)cc21. The van der Waals surface area contributed by atoms with E-state index in [1.165, 1.54) is 12.0 Å². The first-order chi connectivity index (χ1) is 8.46. The van der Waals surface area contributed by atoms with E-state index in [-0.39, 0.29) is 0 Å². The van der Waals surface area contributed by atoms with E-state index < -0.39 is 0 Å². The summed E-state index contributed by atoms with van der Waals surface area (Å²) in [6.07, 6.45) is 2.24. The Bertz CT molecular complexity index is 411. The first kappa shape index (κ1) is 13.9. The molecule has 1 aromatic rings. The Balaban J connectivity index is 2.01. The van der Waals surface area contributed by atoms with E-state index >= 15 is 0 Å². The maximum atomic E-state index is 5.70. The lowest BCUT2D eigenvalue weighted by atomic mass is 9.92. The summed E-state index contributed by atoms with van der Waals surface area (Å²) in [6.45, 7) is 8.71. The zero-order chi connectivity index (χ0) is 13.2. The third kappa shape index (κ3) is 3.72. The van der Waals surface area contributed by atoms with Gasteiger partial charge >= 0.3 is 0 Å². The fourth-order valence-corrected chi connectivity index (χ4v) is 2.58. The van der Waals surface area contributed by atoms with Gasteiger partial charge in [0.15, 0.2) is 0 Å². The summed E-state index contributed by atoms with van der Waals surface area (Å²) in [5.41, 5.74) is 1.67. The molecular formula is C15H22BrNO. The van der Waals surface area contributed by atoms with Gasteiger partial charge in [0.2, 0.25) is 0 Å². The third-order valence-corrected chi connectivity index (χ3v) is 3.77. The van der Waals surface area contributed by atoms with Crippen LogP contribution in [0.25, 0.3) is 0 Å². The van der Waals surface area contributed by atoms with Crippen molar-refractivity contribution in [2.75, 3.05) is 13.2 Å². The number of fused-ring (bicyclic) bond motifs is 1. The van der Waals surface area contributed by atoms with E-state index in [0.29, 0.717) is 11.5 Å². The number of halogens is 1. The predicted octanol–water partition coefficient (Wildman–Crippen LogP) is 4.30. The Morgan fingerprint density at radius 2 is 2.17 bits per heavy atom. The molecule has 1 aliphatic heterocycles. The van der Waals surface area contributed by atoms with Crippen LogP contribution >= 0.6 is 15.9 Å². The van der Waals surface area contributed by atoms with Crippen molar-refractivity contribution in [3.8, 4) is 5.75 Å². The molecule has 0 amide bonds. The van der Waals surface area contributed by atoms with Gasteiger partial charge in [-0.3, -0.25) is 0 Å². The molecule has 1 aromatic carbocycles. The van der Waals surface area contributed by atoms with E-state index in [4.69, 9.17) is 4.74 Å². The van der Waals surface area contributed by atoms with Crippen LogP contribution in [0.5, 0.6) is 5.75 Å². The van der Waals surface area contributed by atoms with Crippen LogP contribution in [0.2, 0.25) is 0 Å². The minimum absolute atomic E-state index is 0.387. The van der Waals surface area contributed by atoms with Crippen molar-refractivity contribution in [3.63, 3.8) is 0 Å². The largest absolute Gasteiger partial charge is 0.493 e. The lowest BCUT2D eigenvalue weighted by Gasteiger charge is -2.28. The molecule has 0 aromatic heterocycles. The molecular weight excluding hydrogens is 290 g/mol. The topological polar surface area (TPSA) is 21.3 Å². The van der Waals surface area contributed by atoms with Crippen LogP contribution in [0.15, 0.2) is 22.7 Å². The number of hydrogen-bond donors (Lipinski definition) is 1. The van der Waals surface area contributed by atoms with Crippen molar-refractivity contribution in [2.45, 2.75) is 39.7 Å². The zero-order valence-corrected chi connectivity index (χ0v) is 13.0. The molecule has 0 saturated heterocycles. The Morgan fingerprint density at radius 3 is 2.89 bits per heavy atom. The van der Waals surface area contributed by atoms with Gasteiger partial charge in [-0.1, -0.05) is 36.7 Å². The molecule has 0 aliphatic carbocycles. The molecule has 100 valence electrons. The maximum absolute atomic E-state index is 5.70. The summed E-state index contributed by atoms with van der Waals surface area (Å²) in [6, 6.07) is 6.69. The number of rotatable bonds is 3. The number of ether oxygens (including phenoxy) is 1. The minimum Gasteiger partial charge on any atom is -0.493 e. The molecule has 1 heterocycles. The van der Waals surface area contributed by atoms with Gasteiger partial charge in [0, 0.05) is 22.5 Å². The van der Waals surface area contributed by atoms with Gasteiger partial charge in [-0.2, -0.15) is 0 Å². The fraction of sp³-hybridized carbons (Fsp3) is 0.600. The Hall–Kier alpha value is -0.540. The van der Waals surface area contributed by atoms with E-state index in [9.17, 15) is 0 Å². The van der Waals surface area contributed by atoms with E-state index in [1.807, 2.05) is 6.07 Å². The monoisotopic (exact) mass is 311 g/mol. The minimum atomic E-state index is 0.387. The van der Waals surface area contributed by atoms with E-state index in [0.717, 1.165) is 29.8 Å². The summed E-state index contributed by atoms with van der Waals surface area (Å²) in [4.78, 5) is 0. The second-order valence-corrected chi connectivity index (χ2v) is 7.05. The molecule has 3 heteroatoms. The van der Waals surface area contributed by atoms with Crippen LogP contribution in [0.4, 0.5) is 0 Å². The van der Waals surface area contributed by atoms with Gasteiger partial charge in [0.1, 0.15) is 5.75 Å². The molecule has 1 N–H and O–H groups in total. The maximum Gasteiger partial charge on any atom is 0.124 e. The van der Waals surface area contributed by atoms with Crippen molar-refractivity contribution >= 4 is 15.9 Å². The number of nitrogens with one attached hydrogen (secondary N) is 1. The molecule has 2 rings (SSSR count). The quantitative estimate of drug-likeness (QED) is 0.898. The van der Waals surface area contributed by atoms with Gasteiger partial charge in [0.05, 0.1) is 6.61 Å². The number of benzene rings is 1. The first-order valence-corrected chi connectivity index (χ1v) is 7.41. The van der Waals surface area contributed by atoms with E-state index in [1.54, 1.807) is 0 Å². The Morgan fingerprint density at radius 1 is 1.39 bits per heavy atom. The zero-order valence-electron chi connectivity index (χ0n) is 11.4. The van der Waals surface area contributed by atoms with Gasteiger partial charge in [-0.15, -0.1) is 0 Å². The second kappa shape index (κ2) is 5.62. The van der Waals surface area contributed by atoms with Crippen molar-refractivity contribution in [2.24, 2.45) is 5.41 Å². The summed E-state index contributed by atoms with van der Waals surface area (Å²) < 4.78 is 6.81. The standard InChI is InChI=1S/C15H22BrNO/c1-15(2,3)7-8-17-13-6-9-18-14-5-4-11(16)10-12(13)14/h4-5,10,13,17H,6-9H2,1-3H3. The van der Waals surface area contributed by atoms with Crippen LogP contribution in [0.1, 0.15) is 45.2 Å². The van der Waals surface area contributed by atoms with Crippen LogP contribution in [-0.4, -0.2) is 13.2 Å². The summed E-state index contributed by atoms with van der Waals surface area (Å²) in [5.74, 6) is 1.03. The highest BCUT2D eigenvalue weighted by Gasteiger charge is 2.21. The molecule has 2 nitrogen and oxygen atoms in total. The van der Waals surface area contributed by atoms with Crippen molar-refractivity contribution < 1.29 is 4.74 Å². The normalized spacial score (nSPS) is 19.2. The van der Waals surface area contributed by atoms with Crippen LogP contribution < -0.4 is 10.1 Å². The molecule has 18 heavy (non-hydrogen) atoms. The Kier molecular flexibility index (Phi) is 4.33. The smallest absolute Gasteiger partial charge is 0.124 e. The van der Waals surface area contributed by atoms with Crippen molar-refractivity contribution in [1.82, 2.24) is 5.32 Å². The lowest BCUT2D eigenvalue weighted by molar-refractivity contribution is 0.247. The number of hydrogen-bond acceptors (Lipinski definition) is 2. The fourth-order valence-electron chi connectivity index (χ4n) is 2.20. The molecule has 0 saturated carbocycles. The van der Waals surface area contributed by atoms with Crippen molar-refractivity contribution in [3.05, 3.63) is 28.2 Å². The predicted molar refractivity (Wildman–Crippen MR) is 79.1 cm³/mol. The Labute approximate surface area is 118 Å². The van der Waals surface area contributed by atoms with E-state index in [2.05, 4.69) is 54.2 Å². The van der Waals surface area contributed by atoms with Crippen molar-refractivity contribution in [1.29, 1.82) is 0 Å². The molecule has 0 radical (unpaired) electrons. The van der Waals surface area contributed by atoms with Gasteiger partial charge in [-0.05, 0) is 36.6 Å². The van der Waals surface area contributed by atoms with Gasteiger partial charge < -0.3 is 10.1 Å². The van der Waals surface area contributed by atoms with Gasteiger partial charge in [-0.25, -0.2) is 0 Å². The average Bonchev–Trinajstić information content (AvgIpc) is 2.28. The summed E-state index contributed by atoms with van der Waals surface area (Å²) in [7, 11) is 0. The first-order valence-electron chi connectivity index (χ1n) is 6.61. The van der Waals surface area contributed by atoms with Crippen LogP contribution in [0, 0.1) is 5.41 Å². The summed E-state index contributed by atoms with van der Waals surface area (Å²) >= 11 is 3.53. The van der Waals surface area contributed by atoms with Gasteiger partial charge in [0.25, 0.3) is 0 Å². The molecule has 1 aliphatic rings. The third-order valence-electron chi connectivity index (χ3n) is 3.28. The van der Waals surface area contributed by atoms with Crippen LogP contribution in [-0.2, 0) is 0 Å². The van der Waals surface area contributed by atoms with Crippen LogP contribution in [0.3, 0.4) is 0 Å². The molecule has 0 fully saturated rings. The second-order valence-electron chi connectivity index (χ2n) is 6.14. The summed E-state index contributed by atoms with van der Waals surface area (Å²) in [5, 5.41) is 3.66. The lowest BCUT2D eigenvalue weighted by Crippen LogP contribution is -2.29. The highest BCUT2D eigenvalue weighted by Crippen LogP contribution is 2.34. The molecule has 0 spiro atoms.